The van der Waals surface area contributed by atoms with E-state index in [0.29, 0.717) is 6.04 Å². The van der Waals surface area contributed by atoms with Crippen molar-refractivity contribution < 1.29 is 4.79 Å². The second-order valence-corrected chi connectivity index (χ2v) is 6.11. The lowest BCUT2D eigenvalue weighted by Gasteiger charge is -2.38. The minimum absolute atomic E-state index is 0.0494. The third kappa shape index (κ3) is 2.64. The molecule has 21 heavy (non-hydrogen) atoms. The third-order valence-electron chi connectivity index (χ3n) is 4.74. The average molecular weight is 287 g/mol. The summed E-state index contributed by atoms with van der Waals surface area (Å²) in [5, 5.41) is 6.07. The van der Waals surface area contributed by atoms with Crippen LogP contribution in [0.4, 0.5) is 11.4 Å². The molecule has 0 radical (unpaired) electrons. The molecule has 2 aliphatic rings. The second-order valence-electron chi connectivity index (χ2n) is 6.11. The minimum Gasteiger partial charge on any atom is -0.368 e. The van der Waals surface area contributed by atoms with Gasteiger partial charge in [0.25, 0.3) is 0 Å². The van der Waals surface area contributed by atoms with Crippen LogP contribution in [0, 0.1) is 0 Å². The van der Waals surface area contributed by atoms with E-state index in [1.54, 1.807) is 0 Å². The number of hydrogen-bond acceptors (Lipinski definition) is 3. The van der Waals surface area contributed by atoms with Crippen molar-refractivity contribution >= 4 is 17.3 Å². The van der Waals surface area contributed by atoms with Crippen molar-refractivity contribution in [2.24, 2.45) is 0 Å². The van der Waals surface area contributed by atoms with Crippen LogP contribution in [-0.4, -0.2) is 25.5 Å². The first-order chi connectivity index (χ1) is 10.2. The van der Waals surface area contributed by atoms with Crippen LogP contribution in [0.2, 0.25) is 0 Å². The number of benzene rings is 1. The molecule has 0 saturated carbocycles. The van der Waals surface area contributed by atoms with Crippen molar-refractivity contribution in [1.29, 1.82) is 0 Å². The molecule has 0 bridgehead atoms. The Kier molecular flexibility index (Phi) is 4.15. The van der Waals surface area contributed by atoms with E-state index in [0.717, 1.165) is 17.8 Å². The van der Waals surface area contributed by atoms with E-state index in [9.17, 15) is 4.79 Å². The molecule has 2 N–H and O–H groups in total. The first kappa shape index (κ1) is 14.4. The van der Waals surface area contributed by atoms with E-state index >= 15 is 0 Å². The van der Waals surface area contributed by atoms with Crippen molar-refractivity contribution in [2.45, 2.75) is 51.1 Å². The van der Waals surface area contributed by atoms with E-state index in [1.807, 2.05) is 7.05 Å². The van der Waals surface area contributed by atoms with Gasteiger partial charge in [-0.2, -0.15) is 0 Å². The summed E-state index contributed by atoms with van der Waals surface area (Å²) in [6.07, 6.45) is 6.37. The van der Waals surface area contributed by atoms with Gasteiger partial charge in [0, 0.05) is 29.5 Å². The number of amides is 1. The molecule has 1 aromatic carbocycles. The van der Waals surface area contributed by atoms with Gasteiger partial charge in [0.1, 0.15) is 6.04 Å². The fraction of sp³-hybridized carbons (Fsp3) is 0.588. The fourth-order valence-electron chi connectivity index (χ4n) is 3.69. The Bertz CT molecular complexity index is 527. The number of nitrogens with one attached hydrogen (secondary N) is 2. The standard InChI is InChI=1S/C17H25N3O/c1-3-6-12-7-4-5-10-20(12)13-8-9-14-15(11-13)19-17(21)16(14)18-2/h8-9,11-12,16,18H,3-7,10H2,1-2H3,(H,19,21). The second kappa shape index (κ2) is 6.06. The summed E-state index contributed by atoms with van der Waals surface area (Å²) in [5.41, 5.74) is 3.29. The van der Waals surface area contributed by atoms with Gasteiger partial charge < -0.3 is 15.5 Å². The third-order valence-corrected chi connectivity index (χ3v) is 4.74. The maximum atomic E-state index is 11.9. The van der Waals surface area contributed by atoms with Gasteiger partial charge >= 0.3 is 0 Å². The van der Waals surface area contributed by atoms with E-state index in [2.05, 4.69) is 40.7 Å². The van der Waals surface area contributed by atoms with Crippen LogP contribution in [0.15, 0.2) is 18.2 Å². The topological polar surface area (TPSA) is 44.4 Å². The molecule has 1 fully saturated rings. The van der Waals surface area contributed by atoms with Crippen LogP contribution in [0.25, 0.3) is 0 Å². The molecule has 2 unspecified atom stereocenters. The molecule has 4 nitrogen and oxygen atoms in total. The summed E-state index contributed by atoms with van der Waals surface area (Å²) in [7, 11) is 1.83. The first-order valence-corrected chi connectivity index (χ1v) is 8.13. The number of nitrogens with zero attached hydrogens (tertiary/aromatic N) is 1. The Labute approximate surface area is 126 Å². The Morgan fingerprint density at radius 2 is 2.24 bits per heavy atom. The molecule has 2 aliphatic heterocycles. The van der Waals surface area contributed by atoms with Crippen molar-refractivity contribution in [3.63, 3.8) is 0 Å². The van der Waals surface area contributed by atoms with E-state index in [1.165, 1.54) is 37.8 Å². The predicted molar refractivity (Wildman–Crippen MR) is 86.8 cm³/mol. The van der Waals surface area contributed by atoms with Gasteiger partial charge in [-0.25, -0.2) is 0 Å². The smallest absolute Gasteiger partial charge is 0.246 e. The summed E-state index contributed by atoms with van der Waals surface area (Å²) in [4.78, 5) is 14.5. The number of carbonyl (C=O) groups excluding carboxylic acids is 1. The van der Waals surface area contributed by atoms with Gasteiger partial charge in [0.15, 0.2) is 0 Å². The number of fused-ring (bicyclic) bond motifs is 1. The van der Waals surface area contributed by atoms with Gasteiger partial charge in [-0.05, 0) is 44.9 Å². The maximum absolute atomic E-state index is 11.9. The van der Waals surface area contributed by atoms with Crippen molar-refractivity contribution in [3.05, 3.63) is 23.8 Å². The maximum Gasteiger partial charge on any atom is 0.246 e. The fourth-order valence-corrected chi connectivity index (χ4v) is 3.69. The number of likely N-dealkylation sites (N-methyl/N-ethyl adjacent to an activating group) is 1. The van der Waals surface area contributed by atoms with Gasteiger partial charge in [-0.1, -0.05) is 19.4 Å². The van der Waals surface area contributed by atoms with Gasteiger partial charge in [0.05, 0.1) is 0 Å². The molecule has 2 atom stereocenters. The number of anilines is 2. The molecular weight excluding hydrogens is 262 g/mol. The SMILES string of the molecule is CCCC1CCCCN1c1ccc2c(c1)NC(=O)C2NC. The molecule has 0 aliphatic carbocycles. The zero-order valence-electron chi connectivity index (χ0n) is 13.0. The Morgan fingerprint density at radius 1 is 1.38 bits per heavy atom. The highest BCUT2D eigenvalue weighted by atomic mass is 16.2. The molecule has 1 aromatic rings. The van der Waals surface area contributed by atoms with Gasteiger partial charge in [-0.3, -0.25) is 4.79 Å². The van der Waals surface area contributed by atoms with Gasteiger partial charge in [-0.15, -0.1) is 0 Å². The van der Waals surface area contributed by atoms with Crippen molar-refractivity contribution in [2.75, 3.05) is 23.8 Å². The molecule has 1 amide bonds. The lowest BCUT2D eigenvalue weighted by molar-refractivity contribution is -0.117. The molecule has 4 heteroatoms. The summed E-state index contributed by atoms with van der Waals surface area (Å²) >= 11 is 0. The summed E-state index contributed by atoms with van der Waals surface area (Å²) in [6.45, 7) is 3.39. The molecule has 0 spiro atoms. The highest BCUT2D eigenvalue weighted by molar-refractivity contribution is 6.03. The van der Waals surface area contributed by atoms with Crippen molar-refractivity contribution in [1.82, 2.24) is 5.32 Å². The molecule has 114 valence electrons. The first-order valence-electron chi connectivity index (χ1n) is 8.13. The quantitative estimate of drug-likeness (QED) is 0.894. The van der Waals surface area contributed by atoms with Crippen LogP contribution in [0.5, 0.6) is 0 Å². The summed E-state index contributed by atoms with van der Waals surface area (Å²) < 4.78 is 0. The number of hydrogen-bond donors (Lipinski definition) is 2. The van der Waals surface area contributed by atoms with Crippen LogP contribution in [0.1, 0.15) is 50.6 Å². The predicted octanol–water partition coefficient (Wildman–Crippen LogP) is 3.06. The van der Waals surface area contributed by atoms with E-state index < -0.39 is 0 Å². The number of carbonyl (C=O) groups is 1. The minimum atomic E-state index is -0.207. The summed E-state index contributed by atoms with van der Waals surface area (Å²) in [5.74, 6) is 0.0494. The zero-order chi connectivity index (χ0) is 14.8. The Morgan fingerprint density at radius 3 is 3.00 bits per heavy atom. The van der Waals surface area contributed by atoms with E-state index in [4.69, 9.17) is 0 Å². The molecule has 1 saturated heterocycles. The zero-order valence-corrected chi connectivity index (χ0v) is 13.0. The van der Waals surface area contributed by atoms with Gasteiger partial charge in [0.2, 0.25) is 5.91 Å². The lowest BCUT2D eigenvalue weighted by atomic mass is 9.97. The normalized spacial score (nSPS) is 24.9. The largest absolute Gasteiger partial charge is 0.368 e. The number of rotatable bonds is 4. The molecule has 3 rings (SSSR count). The summed E-state index contributed by atoms with van der Waals surface area (Å²) in [6, 6.07) is 6.87. The highest BCUT2D eigenvalue weighted by Crippen LogP contribution is 2.36. The van der Waals surface area contributed by atoms with Crippen LogP contribution < -0.4 is 15.5 Å². The number of piperidine rings is 1. The Balaban J connectivity index is 1.87. The van der Waals surface area contributed by atoms with Crippen molar-refractivity contribution in [3.8, 4) is 0 Å². The average Bonchev–Trinajstić information content (AvgIpc) is 2.82. The molecule has 0 aromatic heterocycles. The molecule has 2 heterocycles. The Hall–Kier alpha value is -1.55. The van der Waals surface area contributed by atoms with Crippen LogP contribution in [0.3, 0.4) is 0 Å². The van der Waals surface area contributed by atoms with Crippen LogP contribution >= 0.6 is 0 Å². The van der Waals surface area contributed by atoms with Crippen LogP contribution in [-0.2, 0) is 4.79 Å². The lowest BCUT2D eigenvalue weighted by Crippen LogP contribution is -2.39. The monoisotopic (exact) mass is 287 g/mol. The molecular formula is C17H25N3O. The van der Waals surface area contributed by atoms with E-state index in [-0.39, 0.29) is 11.9 Å². The highest BCUT2D eigenvalue weighted by Gasteiger charge is 2.30.